The number of Topliss-reactive ketones (excluding diaryl/α,β-unsaturated/α-hetero) is 1. The van der Waals surface area contributed by atoms with Crippen LogP contribution in [0.3, 0.4) is 0 Å². The lowest BCUT2D eigenvalue weighted by Crippen LogP contribution is -2.27. The highest BCUT2D eigenvalue weighted by Crippen LogP contribution is 2.43. The highest BCUT2D eigenvalue weighted by Gasteiger charge is 2.37. The molecule has 18 heavy (non-hydrogen) atoms. The number of hydrogen-bond donors (Lipinski definition) is 1. The minimum Gasteiger partial charge on any atom is -0.391 e. The second kappa shape index (κ2) is 4.15. The molecule has 0 saturated carbocycles. The molecule has 0 amide bonds. The summed E-state index contributed by atoms with van der Waals surface area (Å²) < 4.78 is 23.5. The smallest absolute Gasteiger partial charge is 0.185 e. The first-order chi connectivity index (χ1) is 8.15. The molecular formula is C12H16O4S2. The minimum atomic E-state index is -3.42. The Bertz CT molecular complexity index is 608. The predicted molar refractivity (Wildman–Crippen MR) is 69.8 cm³/mol. The monoisotopic (exact) mass is 288 g/mol. The molecule has 0 aromatic carbocycles. The van der Waals surface area contributed by atoms with E-state index in [9.17, 15) is 18.3 Å². The Labute approximate surface area is 111 Å². The first-order valence-corrected chi connectivity index (χ1v) is 8.35. The van der Waals surface area contributed by atoms with E-state index in [0.717, 1.165) is 23.2 Å². The average Bonchev–Trinajstić information content (AvgIpc) is 2.53. The van der Waals surface area contributed by atoms with Gasteiger partial charge in [0.05, 0.1) is 12.2 Å². The summed E-state index contributed by atoms with van der Waals surface area (Å²) in [7, 11) is -3.42. The van der Waals surface area contributed by atoms with Gasteiger partial charge in [0.25, 0.3) is 0 Å². The van der Waals surface area contributed by atoms with Gasteiger partial charge in [0.1, 0.15) is 4.21 Å². The maximum absolute atomic E-state index is 12.2. The Morgan fingerprint density at radius 2 is 1.94 bits per heavy atom. The molecule has 0 saturated heterocycles. The quantitative estimate of drug-likeness (QED) is 0.900. The third-order valence-electron chi connectivity index (χ3n) is 3.11. The number of fused-ring (bicyclic) bond motifs is 1. The van der Waals surface area contributed by atoms with E-state index in [2.05, 4.69) is 0 Å². The molecule has 2 rings (SSSR count). The van der Waals surface area contributed by atoms with Crippen LogP contribution in [0.15, 0.2) is 4.21 Å². The third-order valence-corrected chi connectivity index (χ3v) is 6.16. The van der Waals surface area contributed by atoms with E-state index < -0.39 is 9.84 Å². The number of aliphatic hydroxyl groups excluding tert-OH is 1. The van der Waals surface area contributed by atoms with E-state index in [1.165, 1.54) is 0 Å². The molecule has 0 spiro atoms. The average molecular weight is 288 g/mol. The van der Waals surface area contributed by atoms with Crippen molar-refractivity contribution in [2.45, 2.75) is 37.5 Å². The number of carbonyl (C=O) groups excluding carboxylic acids is 1. The second-order valence-electron chi connectivity index (χ2n) is 5.54. The van der Waals surface area contributed by atoms with Crippen LogP contribution in [0.5, 0.6) is 0 Å². The van der Waals surface area contributed by atoms with Crippen molar-refractivity contribution in [1.29, 1.82) is 0 Å². The highest BCUT2D eigenvalue weighted by molar-refractivity contribution is 7.92. The van der Waals surface area contributed by atoms with Gasteiger partial charge in [-0.3, -0.25) is 4.79 Å². The summed E-state index contributed by atoms with van der Waals surface area (Å²) in [5.41, 5.74) is 0.874. The molecule has 1 aromatic heterocycles. The molecule has 1 aliphatic rings. The van der Waals surface area contributed by atoms with E-state index >= 15 is 0 Å². The van der Waals surface area contributed by atoms with Gasteiger partial charge in [-0.2, -0.15) is 0 Å². The molecule has 1 aliphatic carbocycles. The number of rotatable bonds is 2. The highest BCUT2D eigenvalue weighted by atomic mass is 32.2. The van der Waals surface area contributed by atoms with Crippen LogP contribution in [0, 0.1) is 5.41 Å². The van der Waals surface area contributed by atoms with Crippen LogP contribution < -0.4 is 0 Å². The molecule has 0 bridgehead atoms. The molecular weight excluding hydrogens is 272 g/mol. The van der Waals surface area contributed by atoms with Crippen molar-refractivity contribution < 1.29 is 18.3 Å². The summed E-state index contributed by atoms with van der Waals surface area (Å²) >= 11 is 1.03. The van der Waals surface area contributed by atoms with E-state index in [1.54, 1.807) is 0 Å². The van der Waals surface area contributed by atoms with Crippen LogP contribution in [-0.2, 0) is 22.9 Å². The number of carbonyl (C=O) groups is 1. The van der Waals surface area contributed by atoms with Crippen molar-refractivity contribution in [3.63, 3.8) is 0 Å². The lowest BCUT2D eigenvalue weighted by molar-refractivity contribution is 0.0909. The van der Waals surface area contributed by atoms with Gasteiger partial charge >= 0.3 is 0 Å². The Hall–Kier alpha value is -0.720. The van der Waals surface area contributed by atoms with Gasteiger partial charge in [-0.15, -0.1) is 11.3 Å². The maximum atomic E-state index is 12.2. The van der Waals surface area contributed by atoms with Crippen molar-refractivity contribution in [1.82, 2.24) is 0 Å². The largest absolute Gasteiger partial charge is 0.391 e. The van der Waals surface area contributed by atoms with Gasteiger partial charge in [-0.05, 0) is 17.4 Å². The van der Waals surface area contributed by atoms with Gasteiger partial charge in [-0.1, -0.05) is 13.8 Å². The van der Waals surface area contributed by atoms with Gasteiger partial charge in [0, 0.05) is 17.6 Å². The summed E-state index contributed by atoms with van der Waals surface area (Å²) in [6.45, 7) is 3.74. The molecule has 1 aromatic rings. The van der Waals surface area contributed by atoms with E-state index in [4.69, 9.17) is 0 Å². The summed E-state index contributed by atoms with van der Waals surface area (Å²) in [6.07, 6.45) is 2.09. The minimum absolute atomic E-state index is 0.113. The zero-order valence-electron chi connectivity index (χ0n) is 10.6. The van der Waals surface area contributed by atoms with Crippen LogP contribution in [-0.4, -0.2) is 25.6 Å². The molecule has 0 radical (unpaired) electrons. The number of sulfone groups is 1. The van der Waals surface area contributed by atoms with Crippen LogP contribution in [0.1, 0.15) is 41.1 Å². The first kappa shape index (κ1) is 13.7. The SMILES string of the molecule is CC1(C)CC(=O)c2c(S(C)(=O)=O)sc(CO)c2C1. The Balaban J connectivity index is 2.72. The fraction of sp³-hybridized carbons (Fsp3) is 0.583. The molecule has 6 heteroatoms. The van der Waals surface area contributed by atoms with Crippen LogP contribution in [0.4, 0.5) is 0 Å². The third kappa shape index (κ3) is 2.24. The maximum Gasteiger partial charge on any atom is 0.185 e. The summed E-state index contributed by atoms with van der Waals surface area (Å²) in [4.78, 5) is 12.8. The van der Waals surface area contributed by atoms with Gasteiger partial charge in [0.15, 0.2) is 15.6 Å². The molecule has 0 aliphatic heterocycles. The fourth-order valence-corrected chi connectivity index (χ4v) is 4.85. The van der Waals surface area contributed by atoms with Gasteiger partial charge in [-0.25, -0.2) is 8.42 Å². The molecule has 1 heterocycles. The van der Waals surface area contributed by atoms with Gasteiger partial charge in [0.2, 0.25) is 0 Å². The molecule has 100 valence electrons. The molecule has 4 nitrogen and oxygen atoms in total. The lowest BCUT2D eigenvalue weighted by Gasteiger charge is -2.29. The number of aliphatic hydroxyl groups is 1. The Morgan fingerprint density at radius 1 is 1.33 bits per heavy atom. The van der Waals surface area contributed by atoms with Crippen LogP contribution >= 0.6 is 11.3 Å². The zero-order chi connectivity index (χ0) is 13.7. The molecule has 0 fully saturated rings. The van der Waals surface area contributed by atoms with Crippen LogP contribution in [0.25, 0.3) is 0 Å². The lowest BCUT2D eigenvalue weighted by atomic mass is 9.74. The topological polar surface area (TPSA) is 71.4 Å². The Morgan fingerprint density at radius 3 is 2.44 bits per heavy atom. The number of hydrogen-bond acceptors (Lipinski definition) is 5. The van der Waals surface area contributed by atoms with Crippen LogP contribution in [0.2, 0.25) is 0 Å². The normalized spacial score (nSPS) is 18.8. The van der Waals surface area contributed by atoms with E-state index in [1.807, 2.05) is 13.8 Å². The first-order valence-electron chi connectivity index (χ1n) is 5.64. The number of ketones is 1. The zero-order valence-corrected chi connectivity index (χ0v) is 12.2. The summed E-state index contributed by atoms with van der Waals surface area (Å²) in [5, 5.41) is 9.33. The van der Waals surface area contributed by atoms with Crippen molar-refractivity contribution >= 4 is 27.0 Å². The molecule has 1 N–H and O–H groups in total. The summed E-state index contributed by atoms with van der Waals surface area (Å²) in [5.74, 6) is -0.127. The predicted octanol–water partition coefficient (Wildman–Crippen LogP) is 1.80. The fourth-order valence-electron chi connectivity index (χ4n) is 2.41. The van der Waals surface area contributed by atoms with Crippen molar-refractivity contribution in [3.8, 4) is 0 Å². The summed E-state index contributed by atoms with van der Waals surface area (Å²) in [6, 6.07) is 0. The number of thiophene rings is 1. The second-order valence-corrected chi connectivity index (χ2v) is 8.85. The van der Waals surface area contributed by atoms with Crippen molar-refractivity contribution in [2.75, 3.05) is 6.26 Å². The molecule has 0 unspecified atom stereocenters. The van der Waals surface area contributed by atoms with E-state index in [0.29, 0.717) is 23.3 Å². The molecule has 0 atom stereocenters. The standard InChI is InChI=1S/C12H16O4S2/c1-12(2)4-7-9(6-13)17-11(18(3,15)16)10(7)8(14)5-12/h13H,4-6H2,1-3H3. The van der Waals surface area contributed by atoms with E-state index in [-0.39, 0.29) is 22.0 Å². The van der Waals surface area contributed by atoms with Gasteiger partial charge < -0.3 is 5.11 Å². The Kier molecular flexibility index (Phi) is 3.16. The van der Waals surface area contributed by atoms with Crippen molar-refractivity contribution in [3.05, 3.63) is 16.0 Å². The van der Waals surface area contributed by atoms with Crippen molar-refractivity contribution in [2.24, 2.45) is 5.41 Å².